The molecule has 0 aromatic heterocycles. The summed E-state index contributed by atoms with van der Waals surface area (Å²) in [6.45, 7) is 1.57. The molecule has 1 fully saturated rings. The second-order valence-electron chi connectivity index (χ2n) is 6.75. The minimum atomic E-state index is -0.265. The lowest BCUT2D eigenvalue weighted by atomic mass is 9.97. The Balaban J connectivity index is 1.46. The van der Waals surface area contributed by atoms with E-state index < -0.39 is 0 Å². The van der Waals surface area contributed by atoms with Crippen molar-refractivity contribution in [2.45, 2.75) is 19.3 Å². The summed E-state index contributed by atoms with van der Waals surface area (Å²) in [5.74, 6) is -0.498. The number of hydrogen-bond donors (Lipinski definition) is 2. The Morgan fingerprint density at radius 3 is 2.56 bits per heavy atom. The highest BCUT2D eigenvalue weighted by Crippen LogP contribution is 2.18. The van der Waals surface area contributed by atoms with Gasteiger partial charge in [-0.3, -0.25) is 4.79 Å². The van der Waals surface area contributed by atoms with Gasteiger partial charge in [0.25, 0.3) is 0 Å². The van der Waals surface area contributed by atoms with Crippen molar-refractivity contribution in [1.82, 2.24) is 10.2 Å². The van der Waals surface area contributed by atoms with Crippen LogP contribution in [-0.2, 0) is 11.2 Å². The van der Waals surface area contributed by atoms with Gasteiger partial charge in [-0.1, -0.05) is 30.3 Å². The Bertz CT molecular complexity index is 765. The molecule has 5 nitrogen and oxygen atoms in total. The van der Waals surface area contributed by atoms with E-state index in [9.17, 15) is 14.0 Å². The Hall–Kier alpha value is -2.89. The molecule has 1 aliphatic heterocycles. The zero-order valence-corrected chi connectivity index (χ0v) is 15.2. The van der Waals surface area contributed by atoms with Crippen LogP contribution in [0.1, 0.15) is 18.4 Å². The summed E-state index contributed by atoms with van der Waals surface area (Å²) in [5, 5.41) is 5.80. The lowest BCUT2D eigenvalue weighted by Gasteiger charge is -2.32. The molecule has 1 aliphatic rings. The van der Waals surface area contributed by atoms with Crippen LogP contribution in [0.4, 0.5) is 14.9 Å². The number of hydrogen-bond acceptors (Lipinski definition) is 2. The Morgan fingerprint density at radius 1 is 1.07 bits per heavy atom. The fourth-order valence-corrected chi connectivity index (χ4v) is 3.23. The molecule has 0 radical (unpaired) electrons. The van der Waals surface area contributed by atoms with E-state index in [0.29, 0.717) is 26.1 Å². The molecule has 1 heterocycles. The van der Waals surface area contributed by atoms with Crippen LogP contribution in [0.25, 0.3) is 0 Å². The number of halogens is 1. The van der Waals surface area contributed by atoms with Gasteiger partial charge in [0.15, 0.2) is 0 Å². The van der Waals surface area contributed by atoms with Gasteiger partial charge in [-0.15, -0.1) is 0 Å². The average molecular weight is 369 g/mol. The largest absolute Gasteiger partial charge is 0.355 e. The highest BCUT2D eigenvalue weighted by atomic mass is 19.1. The number of para-hydroxylation sites is 1. The van der Waals surface area contributed by atoms with E-state index in [-0.39, 0.29) is 23.7 Å². The summed E-state index contributed by atoms with van der Waals surface area (Å²) in [4.78, 5) is 26.5. The molecule has 0 bridgehead atoms. The molecule has 1 saturated heterocycles. The summed E-state index contributed by atoms with van der Waals surface area (Å²) in [6.07, 6.45) is 2.23. The van der Waals surface area contributed by atoms with Crippen molar-refractivity contribution < 1.29 is 14.0 Å². The van der Waals surface area contributed by atoms with Crippen LogP contribution in [0.3, 0.4) is 0 Å². The highest BCUT2D eigenvalue weighted by molar-refractivity contribution is 5.90. The van der Waals surface area contributed by atoms with Crippen LogP contribution < -0.4 is 10.6 Å². The zero-order valence-electron chi connectivity index (χ0n) is 15.2. The van der Waals surface area contributed by atoms with E-state index in [1.165, 1.54) is 12.1 Å². The first-order valence-electron chi connectivity index (χ1n) is 9.25. The minimum Gasteiger partial charge on any atom is -0.355 e. The molecule has 3 rings (SSSR count). The molecule has 2 aromatic rings. The normalized spacial score (nSPS) is 16.6. The van der Waals surface area contributed by atoms with Crippen LogP contribution >= 0.6 is 0 Å². The fourth-order valence-electron chi connectivity index (χ4n) is 3.23. The monoisotopic (exact) mass is 369 g/mol. The maximum atomic E-state index is 12.9. The number of carbonyl (C=O) groups excluding carboxylic acids is 2. The number of nitrogens with zero attached hydrogens (tertiary/aromatic N) is 1. The van der Waals surface area contributed by atoms with Gasteiger partial charge in [-0.2, -0.15) is 0 Å². The maximum Gasteiger partial charge on any atom is 0.321 e. The molecule has 1 atom stereocenters. The zero-order chi connectivity index (χ0) is 19.1. The second-order valence-corrected chi connectivity index (χ2v) is 6.75. The van der Waals surface area contributed by atoms with Crippen LogP contribution in [0.15, 0.2) is 54.6 Å². The third-order valence-electron chi connectivity index (χ3n) is 4.73. The van der Waals surface area contributed by atoms with E-state index in [2.05, 4.69) is 10.6 Å². The van der Waals surface area contributed by atoms with Crippen molar-refractivity contribution in [3.05, 3.63) is 66.0 Å². The van der Waals surface area contributed by atoms with Gasteiger partial charge < -0.3 is 15.5 Å². The number of likely N-dealkylation sites (tertiary alicyclic amines) is 1. The molecule has 2 aromatic carbocycles. The summed E-state index contributed by atoms with van der Waals surface area (Å²) < 4.78 is 12.9. The van der Waals surface area contributed by atoms with Crippen LogP contribution in [0.5, 0.6) is 0 Å². The summed E-state index contributed by atoms with van der Waals surface area (Å²) >= 11 is 0. The smallest absolute Gasteiger partial charge is 0.321 e. The molecule has 6 heteroatoms. The van der Waals surface area contributed by atoms with Gasteiger partial charge >= 0.3 is 6.03 Å². The average Bonchev–Trinajstić information content (AvgIpc) is 2.70. The quantitative estimate of drug-likeness (QED) is 0.848. The van der Waals surface area contributed by atoms with Crippen molar-refractivity contribution in [3.63, 3.8) is 0 Å². The number of urea groups is 1. The molecule has 0 saturated carbocycles. The SMILES string of the molecule is O=C(NCCc1ccc(F)cc1)[C@H]1CCCN(C(=O)Nc2ccccc2)C1. The summed E-state index contributed by atoms with van der Waals surface area (Å²) in [5.41, 5.74) is 1.72. The number of benzene rings is 2. The van der Waals surface area contributed by atoms with Crippen LogP contribution in [0, 0.1) is 11.7 Å². The van der Waals surface area contributed by atoms with E-state index in [1.807, 2.05) is 30.3 Å². The van der Waals surface area contributed by atoms with Gasteiger partial charge in [-0.25, -0.2) is 9.18 Å². The lowest BCUT2D eigenvalue weighted by molar-refractivity contribution is -0.126. The third kappa shape index (κ3) is 5.54. The molecule has 0 aliphatic carbocycles. The first kappa shape index (κ1) is 18.9. The van der Waals surface area contributed by atoms with E-state index in [0.717, 1.165) is 24.1 Å². The Labute approximate surface area is 158 Å². The molecule has 2 N–H and O–H groups in total. The minimum absolute atomic E-state index is 0.0330. The van der Waals surface area contributed by atoms with E-state index >= 15 is 0 Å². The van der Waals surface area contributed by atoms with Crippen molar-refractivity contribution in [1.29, 1.82) is 0 Å². The predicted octanol–water partition coefficient (Wildman–Crippen LogP) is 3.43. The number of anilines is 1. The predicted molar refractivity (Wildman–Crippen MR) is 103 cm³/mol. The Morgan fingerprint density at radius 2 is 1.81 bits per heavy atom. The topological polar surface area (TPSA) is 61.4 Å². The second kappa shape index (κ2) is 9.16. The Kier molecular flexibility index (Phi) is 6.41. The molecule has 3 amide bonds. The number of amides is 3. The fraction of sp³-hybridized carbons (Fsp3) is 0.333. The van der Waals surface area contributed by atoms with Crippen LogP contribution in [0.2, 0.25) is 0 Å². The molecule has 142 valence electrons. The number of nitrogens with one attached hydrogen (secondary N) is 2. The van der Waals surface area contributed by atoms with Gasteiger partial charge in [-0.05, 0) is 49.1 Å². The van der Waals surface area contributed by atoms with Crippen molar-refractivity contribution >= 4 is 17.6 Å². The number of piperidine rings is 1. The first-order chi connectivity index (χ1) is 13.1. The van der Waals surface area contributed by atoms with Gasteiger partial charge in [0.05, 0.1) is 5.92 Å². The van der Waals surface area contributed by atoms with E-state index in [1.54, 1.807) is 17.0 Å². The first-order valence-corrected chi connectivity index (χ1v) is 9.25. The van der Waals surface area contributed by atoms with Crippen molar-refractivity contribution in [2.24, 2.45) is 5.92 Å². The molecular formula is C21H24FN3O2. The summed E-state index contributed by atoms with van der Waals surface area (Å²) in [6, 6.07) is 15.4. The van der Waals surface area contributed by atoms with E-state index in [4.69, 9.17) is 0 Å². The summed E-state index contributed by atoms with van der Waals surface area (Å²) in [7, 11) is 0. The number of carbonyl (C=O) groups is 2. The molecule has 0 spiro atoms. The van der Waals surface area contributed by atoms with Gasteiger partial charge in [0.2, 0.25) is 5.91 Å². The third-order valence-corrected chi connectivity index (χ3v) is 4.73. The standard InChI is InChI=1S/C21H24FN3O2/c22-18-10-8-16(9-11-18)12-13-23-20(26)17-5-4-14-25(15-17)21(27)24-19-6-2-1-3-7-19/h1-3,6-11,17H,4-5,12-15H2,(H,23,26)(H,24,27)/t17-/m0/s1. The molecule has 27 heavy (non-hydrogen) atoms. The van der Waals surface area contributed by atoms with Crippen LogP contribution in [-0.4, -0.2) is 36.5 Å². The van der Waals surface area contributed by atoms with Gasteiger partial charge in [0.1, 0.15) is 5.82 Å². The lowest BCUT2D eigenvalue weighted by Crippen LogP contribution is -2.47. The van der Waals surface area contributed by atoms with Gasteiger partial charge in [0, 0.05) is 25.3 Å². The highest BCUT2D eigenvalue weighted by Gasteiger charge is 2.28. The van der Waals surface area contributed by atoms with Crippen molar-refractivity contribution in [2.75, 3.05) is 25.0 Å². The maximum absolute atomic E-state index is 12.9. The number of rotatable bonds is 5. The molecular weight excluding hydrogens is 345 g/mol. The molecule has 0 unspecified atom stereocenters. The van der Waals surface area contributed by atoms with Crippen molar-refractivity contribution in [3.8, 4) is 0 Å².